The Bertz CT molecular complexity index is 718. The summed E-state index contributed by atoms with van der Waals surface area (Å²) >= 11 is 6.08. The summed E-state index contributed by atoms with van der Waals surface area (Å²) in [5.74, 6) is 0.839. The first-order chi connectivity index (χ1) is 11.7. The van der Waals surface area contributed by atoms with Crippen LogP contribution in [-0.4, -0.2) is 52.4 Å². The van der Waals surface area contributed by atoms with Gasteiger partial charge in [-0.05, 0) is 24.6 Å². The molecule has 2 aromatic rings. The largest absolute Gasteiger partial charge is 0.369 e. The van der Waals surface area contributed by atoms with Crippen LogP contribution in [0.4, 0.5) is 5.69 Å². The molecule has 0 spiro atoms. The molecule has 0 aliphatic carbocycles. The molecule has 0 unspecified atom stereocenters. The first kappa shape index (κ1) is 17.0. The van der Waals surface area contributed by atoms with Crippen LogP contribution >= 0.6 is 11.6 Å². The number of hydrogen-bond donors (Lipinski definition) is 1. The number of nitrogens with zero attached hydrogens (tertiary/aromatic N) is 4. The molecule has 0 amide bonds. The van der Waals surface area contributed by atoms with Crippen molar-refractivity contribution in [3.05, 3.63) is 45.6 Å². The Balaban J connectivity index is 1.45. The highest BCUT2D eigenvalue weighted by Gasteiger charge is 2.17. The maximum Gasteiger partial charge on any atom is 0.361 e. The van der Waals surface area contributed by atoms with Crippen LogP contribution in [0.25, 0.3) is 0 Å². The third-order valence-electron chi connectivity index (χ3n) is 4.49. The van der Waals surface area contributed by atoms with E-state index in [0.717, 1.165) is 63.0 Å². The van der Waals surface area contributed by atoms with Crippen LogP contribution in [0.15, 0.2) is 29.1 Å². The Morgan fingerprint density at radius 1 is 1.21 bits per heavy atom. The third kappa shape index (κ3) is 4.19. The van der Waals surface area contributed by atoms with Gasteiger partial charge in [-0.3, -0.25) is 9.58 Å². The summed E-state index contributed by atoms with van der Waals surface area (Å²) in [5, 5.41) is 3.57. The van der Waals surface area contributed by atoms with E-state index in [1.54, 1.807) is 0 Å². The minimum absolute atomic E-state index is 0.248. The third-order valence-corrected chi connectivity index (χ3v) is 4.73. The molecule has 1 aromatic carbocycles. The zero-order valence-corrected chi connectivity index (χ0v) is 14.8. The molecule has 24 heavy (non-hydrogen) atoms. The molecule has 1 aliphatic heterocycles. The van der Waals surface area contributed by atoms with Crippen LogP contribution in [0.5, 0.6) is 0 Å². The van der Waals surface area contributed by atoms with Crippen LogP contribution < -0.4 is 10.6 Å². The summed E-state index contributed by atoms with van der Waals surface area (Å²) in [6.07, 6.45) is 1.79. The number of piperazine rings is 1. The van der Waals surface area contributed by atoms with Crippen molar-refractivity contribution in [3.63, 3.8) is 0 Å². The highest BCUT2D eigenvalue weighted by Crippen LogP contribution is 2.20. The average Bonchev–Trinajstić information content (AvgIpc) is 2.95. The van der Waals surface area contributed by atoms with Gasteiger partial charge in [0, 0.05) is 56.4 Å². The molecule has 0 atom stereocenters. The first-order valence-electron chi connectivity index (χ1n) is 8.54. The summed E-state index contributed by atoms with van der Waals surface area (Å²) in [5.41, 5.74) is 0.952. The number of rotatable bonds is 6. The van der Waals surface area contributed by atoms with E-state index in [2.05, 4.69) is 25.9 Å². The monoisotopic (exact) mass is 349 g/mol. The predicted octanol–water partition coefficient (Wildman–Crippen LogP) is 2.00. The standard InChI is InChI=1S/C17H24ClN5O/c1-2-16-19-17(24)20-23(16)8-4-7-21-9-11-22(12-10-21)15-6-3-5-14(18)13-15/h3,5-6,13H,2,4,7-12H2,1H3,(H,20,24). The van der Waals surface area contributed by atoms with E-state index in [4.69, 9.17) is 11.6 Å². The highest BCUT2D eigenvalue weighted by molar-refractivity contribution is 6.30. The zero-order valence-electron chi connectivity index (χ0n) is 14.0. The van der Waals surface area contributed by atoms with Crippen LogP contribution in [-0.2, 0) is 13.0 Å². The van der Waals surface area contributed by atoms with Crippen molar-refractivity contribution in [1.82, 2.24) is 19.7 Å². The lowest BCUT2D eigenvalue weighted by Crippen LogP contribution is -2.46. The maximum atomic E-state index is 11.3. The van der Waals surface area contributed by atoms with Crippen molar-refractivity contribution in [1.29, 1.82) is 0 Å². The summed E-state index contributed by atoms with van der Waals surface area (Å²) < 4.78 is 1.88. The molecule has 3 rings (SSSR count). The van der Waals surface area contributed by atoms with E-state index in [0.29, 0.717) is 0 Å². The van der Waals surface area contributed by atoms with Crippen LogP contribution in [0.3, 0.4) is 0 Å². The second kappa shape index (κ2) is 7.85. The van der Waals surface area contributed by atoms with Gasteiger partial charge in [0.2, 0.25) is 0 Å². The number of H-pyrrole nitrogens is 1. The second-order valence-corrected chi connectivity index (χ2v) is 6.55. The zero-order chi connectivity index (χ0) is 16.9. The molecule has 0 radical (unpaired) electrons. The van der Waals surface area contributed by atoms with E-state index in [1.807, 2.05) is 29.8 Å². The second-order valence-electron chi connectivity index (χ2n) is 6.11. The quantitative estimate of drug-likeness (QED) is 0.866. The van der Waals surface area contributed by atoms with Crippen molar-refractivity contribution in [2.75, 3.05) is 37.6 Å². The number of nitrogens with one attached hydrogen (secondary N) is 1. The van der Waals surface area contributed by atoms with Crippen molar-refractivity contribution >= 4 is 17.3 Å². The van der Waals surface area contributed by atoms with E-state index in [1.165, 1.54) is 5.69 Å². The van der Waals surface area contributed by atoms with Gasteiger partial charge in [0.1, 0.15) is 5.82 Å². The van der Waals surface area contributed by atoms with Crippen LogP contribution in [0, 0.1) is 0 Å². The van der Waals surface area contributed by atoms with Gasteiger partial charge in [-0.1, -0.05) is 24.6 Å². The van der Waals surface area contributed by atoms with Crippen LogP contribution in [0.2, 0.25) is 5.02 Å². The molecule has 1 aromatic heterocycles. The Morgan fingerprint density at radius 2 is 2.00 bits per heavy atom. The molecule has 2 heterocycles. The molecule has 0 bridgehead atoms. The van der Waals surface area contributed by atoms with Gasteiger partial charge in [-0.15, -0.1) is 0 Å². The van der Waals surface area contributed by atoms with Crippen molar-refractivity contribution in [2.24, 2.45) is 0 Å². The number of aryl methyl sites for hydroxylation is 2. The van der Waals surface area contributed by atoms with E-state index < -0.39 is 0 Å². The molecular formula is C17H24ClN5O. The topological polar surface area (TPSA) is 57.2 Å². The SMILES string of the molecule is CCc1nc(=O)[nH]n1CCCN1CCN(c2cccc(Cl)c2)CC1. The van der Waals surface area contributed by atoms with Gasteiger partial charge in [-0.2, -0.15) is 4.98 Å². The summed E-state index contributed by atoms with van der Waals surface area (Å²) in [7, 11) is 0. The van der Waals surface area contributed by atoms with Gasteiger partial charge in [0.25, 0.3) is 0 Å². The fraction of sp³-hybridized carbons (Fsp3) is 0.529. The lowest BCUT2D eigenvalue weighted by Gasteiger charge is -2.36. The minimum atomic E-state index is -0.248. The lowest BCUT2D eigenvalue weighted by molar-refractivity contribution is 0.248. The Morgan fingerprint density at radius 3 is 2.71 bits per heavy atom. The van der Waals surface area contributed by atoms with Gasteiger partial charge in [0.15, 0.2) is 0 Å². The molecule has 6 nitrogen and oxygen atoms in total. The molecule has 1 fully saturated rings. The Hall–Kier alpha value is -1.79. The van der Waals surface area contributed by atoms with E-state index in [9.17, 15) is 4.79 Å². The van der Waals surface area contributed by atoms with Crippen molar-refractivity contribution in [3.8, 4) is 0 Å². The summed E-state index contributed by atoms with van der Waals surface area (Å²) in [6, 6.07) is 8.05. The number of aromatic amines is 1. The fourth-order valence-corrected chi connectivity index (χ4v) is 3.38. The van der Waals surface area contributed by atoms with Gasteiger partial charge < -0.3 is 4.90 Å². The predicted molar refractivity (Wildman–Crippen MR) is 96.9 cm³/mol. The normalized spacial score (nSPS) is 15.8. The van der Waals surface area contributed by atoms with Gasteiger partial charge >= 0.3 is 5.69 Å². The molecular weight excluding hydrogens is 326 g/mol. The molecule has 1 saturated heterocycles. The molecule has 7 heteroatoms. The van der Waals surface area contributed by atoms with E-state index in [-0.39, 0.29) is 5.69 Å². The van der Waals surface area contributed by atoms with Gasteiger partial charge in [-0.25, -0.2) is 9.89 Å². The molecule has 1 aliphatic rings. The smallest absolute Gasteiger partial charge is 0.361 e. The number of halogens is 1. The summed E-state index contributed by atoms with van der Waals surface area (Å²) in [4.78, 5) is 20.1. The number of aromatic nitrogens is 3. The fourth-order valence-electron chi connectivity index (χ4n) is 3.19. The molecule has 1 N–H and O–H groups in total. The summed E-state index contributed by atoms with van der Waals surface area (Å²) in [6.45, 7) is 7.99. The van der Waals surface area contributed by atoms with E-state index >= 15 is 0 Å². The minimum Gasteiger partial charge on any atom is -0.369 e. The van der Waals surface area contributed by atoms with Crippen LogP contribution in [0.1, 0.15) is 19.2 Å². The first-order valence-corrected chi connectivity index (χ1v) is 8.92. The number of anilines is 1. The average molecular weight is 350 g/mol. The molecule has 0 saturated carbocycles. The maximum absolute atomic E-state index is 11.3. The molecule has 130 valence electrons. The Kier molecular flexibility index (Phi) is 5.58. The van der Waals surface area contributed by atoms with Crippen molar-refractivity contribution in [2.45, 2.75) is 26.3 Å². The highest BCUT2D eigenvalue weighted by atomic mass is 35.5. The Labute approximate surface area is 147 Å². The number of benzene rings is 1. The van der Waals surface area contributed by atoms with Gasteiger partial charge in [0.05, 0.1) is 0 Å². The lowest BCUT2D eigenvalue weighted by atomic mass is 10.2. The number of hydrogen-bond acceptors (Lipinski definition) is 4. The van der Waals surface area contributed by atoms with Crippen molar-refractivity contribution < 1.29 is 0 Å².